The lowest BCUT2D eigenvalue weighted by Gasteiger charge is -2.18. The molecule has 1 heteroatoms. The highest BCUT2D eigenvalue weighted by atomic mass is 16.1. The molecule has 0 bridgehead atoms. The highest BCUT2D eigenvalue weighted by Crippen LogP contribution is 2.33. The monoisotopic (exact) mass is 266 g/mol. The van der Waals surface area contributed by atoms with Gasteiger partial charge in [0.25, 0.3) is 0 Å². The number of hydrogen-bond acceptors (Lipinski definition) is 1. The lowest BCUT2D eigenvalue weighted by Crippen LogP contribution is -2.03. The number of aryl methyl sites for hydroxylation is 1. The minimum Gasteiger partial charge on any atom is -0.233 e. The van der Waals surface area contributed by atoms with E-state index in [1.54, 1.807) is 0 Å². The zero-order chi connectivity index (χ0) is 14.5. The van der Waals surface area contributed by atoms with Crippen molar-refractivity contribution in [2.75, 3.05) is 0 Å². The smallest absolute Gasteiger partial charge is 0.128 e. The van der Waals surface area contributed by atoms with Crippen LogP contribution < -0.4 is 0 Å². The molecule has 1 aromatic carbocycles. The minimum absolute atomic E-state index is 0.475. The van der Waals surface area contributed by atoms with Gasteiger partial charge >= 0.3 is 0 Å². The maximum absolute atomic E-state index is 11.3. The Morgan fingerprint density at radius 2 is 1.85 bits per heavy atom. The van der Waals surface area contributed by atoms with Crippen LogP contribution >= 0.6 is 0 Å². The van der Waals surface area contributed by atoms with Crippen molar-refractivity contribution in [3.05, 3.63) is 58.7 Å². The topological polar surface area (TPSA) is 17.1 Å². The van der Waals surface area contributed by atoms with Gasteiger partial charge in [0.05, 0.1) is 0 Å². The molecule has 0 unspecified atom stereocenters. The molecule has 0 heterocycles. The van der Waals surface area contributed by atoms with Crippen LogP contribution in [-0.4, -0.2) is 5.94 Å². The van der Waals surface area contributed by atoms with Gasteiger partial charge in [0.15, 0.2) is 0 Å². The minimum atomic E-state index is 0.475. The second kappa shape index (κ2) is 6.54. The fraction of sp³-hybridized carbons (Fsp3) is 0.368. The molecule has 104 valence electrons. The van der Waals surface area contributed by atoms with E-state index in [0.29, 0.717) is 5.92 Å². The Morgan fingerprint density at radius 3 is 2.40 bits per heavy atom. The first-order valence-electron chi connectivity index (χ1n) is 7.40. The molecule has 2 rings (SSSR count). The lowest BCUT2D eigenvalue weighted by atomic mass is 9.85. The normalized spacial score (nSPS) is 14.9. The van der Waals surface area contributed by atoms with Crippen LogP contribution in [0.25, 0.3) is 5.57 Å². The molecule has 1 nitrogen and oxygen atoms in total. The van der Waals surface area contributed by atoms with Gasteiger partial charge in [-0.3, -0.25) is 0 Å². The van der Waals surface area contributed by atoms with E-state index < -0.39 is 0 Å². The molecule has 0 fully saturated rings. The van der Waals surface area contributed by atoms with Gasteiger partial charge in [0, 0.05) is 12.0 Å². The van der Waals surface area contributed by atoms with Gasteiger partial charge in [-0.1, -0.05) is 69.2 Å². The highest BCUT2D eigenvalue weighted by molar-refractivity contribution is 5.89. The average molecular weight is 266 g/mol. The molecule has 0 spiro atoms. The summed E-state index contributed by atoms with van der Waals surface area (Å²) in [5, 5.41) is 0. The third kappa shape index (κ3) is 3.18. The van der Waals surface area contributed by atoms with E-state index in [0.717, 1.165) is 36.0 Å². The molecule has 0 aliphatic heterocycles. The van der Waals surface area contributed by atoms with E-state index in [-0.39, 0.29) is 0 Å². The molecule has 20 heavy (non-hydrogen) atoms. The third-order valence-electron chi connectivity index (χ3n) is 3.84. The summed E-state index contributed by atoms with van der Waals surface area (Å²) in [6.07, 6.45) is 7.20. The number of carbonyl (C=O) groups excluding carboxylic acids is 1. The van der Waals surface area contributed by atoms with Gasteiger partial charge in [-0.05, 0) is 29.0 Å². The van der Waals surface area contributed by atoms with Crippen LogP contribution in [0.15, 0.2) is 47.6 Å². The van der Waals surface area contributed by atoms with Gasteiger partial charge in [0.2, 0.25) is 0 Å². The molecule has 0 N–H and O–H groups in total. The lowest BCUT2D eigenvalue weighted by molar-refractivity contribution is 0.567. The van der Waals surface area contributed by atoms with Crippen LogP contribution in [0.3, 0.4) is 0 Å². The van der Waals surface area contributed by atoms with E-state index in [1.807, 2.05) is 0 Å². The molecule has 1 aliphatic carbocycles. The highest BCUT2D eigenvalue weighted by Gasteiger charge is 2.16. The van der Waals surface area contributed by atoms with Gasteiger partial charge in [-0.25, -0.2) is 4.79 Å². The summed E-state index contributed by atoms with van der Waals surface area (Å²) in [6, 6.07) is 8.54. The summed E-state index contributed by atoms with van der Waals surface area (Å²) in [5.41, 5.74) is 5.56. The van der Waals surface area contributed by atoms with Gasteiger partial charge in [-0.15, -0.1) is 0 Å². The zero-order valence-corrected chi connectivity index (χ0v) is 12.6. The van der Waals surface area contributed by atoms with Crippen LogP contribution in [0, 0.1) is 5.92 Å². The van der Waals surface area contributed by atoms with Crippen molar-refractivity contribution in [1.82, 2.24) is 0 Å². The van der Waals surface area contributed by atoms with E-state index in [2.05, 4.69) is 63.1 Å². The van der Waals surface area contributed by atoms with E-state index in [1.165, 1.54) is 11.1 Å². The fourth-order valence-corrected chi connectivity index (χ4v) is 2.55. The van der Waals surface area contributed by atoms with E-state index in [9.17, 15) is 4.79 Å². The Kier molecular flexibility index (Phi) is 4.76. The number of rotatable bonds is 4. The molecule has 0 aromatic heterocycles. The number of benzene rings is 1. The van der Waals surface area contributed by atoms with Crippen molar-refractivity contribution >= 4 is 11.5 Å². The predicted octanol–water partition coefficient (Wildman–Crippen LogP) is 4.77. The predicted molar refractivity (Wildman–Crippen MR) is 85.2 cm³/mol. The summed E-state index contributed by atoms with van der Waals surface area (Å²) in [6.45, 7) is 6.50. The van der Waals surface area contributed by atoms with E-state index >= 15 is 0 Å². The van der Waals surface area contributed by atoms with Crippen LogP contribution in [0.2, 0.25) is 0 Å². The van der Waals surface area contributed by atoms with Gasteiger partial charge in [0.1, 0.15) is 5.94 Å². The summed E-state index contributed by atoms with van der Waals surface area (Å²) < 4.78 is 0. The molecule has 0 saturated carbocycles. The Bertz CT molecular complexity index is 579. The maximum atomic E-state index is 11.3. The largest absolute Gasteiger partial charge is 0.233 e. The Morgan fingerprint density at radius 1 is 1.15 bits per heavy atom. The zero-order valence-electron chi connectivity index (χ0n) is 12.6. The van der Waals surface area contributed by atoms with Crippen LogP contribution in [0.4, 0.5) is 0 Å². The molecule has 0 amide bonds. The first kappa shape index (κ1) is 14.6. The first-order chi connectivity index (χ1) is 9.65. The number of allylic oxidation sites excluding steroid dienone is 5. The SMILES string of the molecule is CCCc1ccc(C2=CC=C(C(C)C)CC2=C=O)cc1. The first-order valence-corrected chi connectivity index (χ1v) is 7.40. The van der Waals surface area contributed by atoms with Crippen molar-refractivity contribution in [1.29, 1.82) is 0 Å². The summed E-state index contributed by atoms with van der Waals surface area (Å²) in [7, 11) is 0. The van der Waals surface area contributed by atoms with Gasteiger partial charge in [-0.2, -0.15) is 0 Å². The van der Waals surface area contributed by atoms with E-state index in [4.69, 9.17) is 0 Å². The molecular weight excluding hydrogens is 244 g/mol. The van der Waals surface area contributed by atoms with Crippen LogP contribution in [0.5, 0.6) is 0 Å². The van der Waals surface area contributed by atoms with Gasteiger partial charge < -0.3 is 0 Å². The summed E-state index contributed by atoms with van der Waals surface area (Å²) in [4.78, 5) is 11.3. The van der Waals surface area contributed by atoms with Crippen molar-refractivity contribution in [2.45, 2.75) is 40.0 Å². The molecule has 0 radical (unpaired) electrons. The quantitative estimate of drug-likeness (QED) is 0.718. The standard InChI is InChI=1S/C19H22O/c1-4-5-15-6-8-16(9-7-15)19-11-10-17(14(2)3)12-18(19)13-20/h6-11,14H,4-5,12H2,1-3H3. The van der Waals surface area contributed by atoms with Crippen molar-refractivity contribution in [3.8, 4) is 0 Å². The molecule has 1 aromatic rings. The van der Waals surface area contributed by atoms with Crippen LogP contribution in [-0.2, 0) is 11.2 Å². The Balaban J connectivity index is 2.33. The maximum Gasteiger partial charge on any atom is 0.128 e. The van der Waals surface area contributed by atoms with Crippen LogP contribution in [0.1, 0.15) is 44.7 Å². The van der Waals surface area contributed by atoms with Crippen molar-refractivity contribution in [3.63, 3.8) is 0 Å². The average Bonchev–Trinajstić information content (AvgIpc) is 2.47. The molecular formula is C19H22O. The third-order valence-corrected chi connectivity index (χ3v) is 3.84. The summed E-state index contributed by atoms with van der Waals surface area (Å²) in [5.74, 6) is 2.61. The fourth-order valence-electron chi connectivity index (χ4n) is 2.55. The summed E-state index contributed by atoms with van der Waals surface area (Å²) >= 11 is 0. The Hall–Kier alpha value is -1.85. The molecule has 1 aliphatic rings. The van der Waals surface area contributed by atoms with Crippen molar-refractivity contribution < 1.29 is 4.79 Å². The Labute approximate surface area is 121 Å². The number of hydrogen-bond donors (Lipinski definition) is 0. The van der Waals surface area contributed by atoms with Crippen molar-refractivity contribution in [2.24, 2.45) is 5.92 Å². The molecule has 0 atom stereocenters. The molecule has 0 saturated heterocycles. The second-order valence-electron chi connectivity index (χ2n) is 5.68. The second-order valence-corrected chi connectivity index (χ2v) is 5.68.